The molecule has 0 saturated carbocycles. The van der Waals surface area contributed by atoms with Crippen molar-refractivity contribution in [3.05, 3.63) is 24.3 Å². The lowest BCUT2D eigenvalue weighted by atomic mass is 10.3. The minimum atomic E-state index is 1.01. The number of anilines is 1. The first-order chi connectivity index (χ1) is 8.35. The van der Waals surface area contributed by atoms with Crippen molar-refractivity contribution in [2.75, 3.05) is 31.1 Å². The maximum absolute atomic E-state index is 4.68. The molecule has 0 amide bonds. The van der Waals surface area contributed by atoms with Gasteiger partial charge in [-0.3, -0.25) is 0 Å². The minimum absolute atomic E-state index is 1.01. The Kier molecular flexibility index (Phi) is 4.34. The number of para-hydroxylation sites is 1. The number of nitrogens with zero attached hydrogens (tertiary/aromatic N) is 2. The standard InChI is InChI=1S/C13H19N3S/c1-3-14-9-10-16(4-2)13-15-11-7-5-6-8-12(11)17-13/h5-8,14H,3-4,9-10H2,1-2H3. The summed E-state index contributed by atoms with van der Waals surface area (Å²) in [6.07, 6.45) is 0. The van der Waals surface area contributed by atoms with E-state index in [0.29, 0.717) is 0 Å². The Morgan fingerprint density at radius 3 is 2.82 bits per heavy atom. The van der Waals surface area contributed by atoms with Crippen LogP contribution >= 0.6 is 11.3 Å². The zero-order chi connectivity index (χ0) is 12.1. The van der Waals surface area contributed by atoms with Crippen molar-refractivity contribution in [2.45, 2.75) is 13.8 Å². The third kappa shape index (κ3) is 2.96. The van der Waals surface area contributed by atoms with Gasteiger partial charge in [0, 0.05) is 19.6 Å². The Morgan fingerprint density at radius 1 is 1.29 bits per heavy atom. The Hall–Kier alpha value is -1.13. The quantitative estimate of drug-likeness (QED) is 0.798. The first-order valence-corrected chi connectivity index (χ1v) is 6.98. The first kappa shape index (κ1) is 12.3. The lowest BCUT2D eigenvalue weighted by Crippen LogP contribution is -2.31. The molecule has 0 radical (unpaired) electrons. The van der Waals surface area contributed by atoms with E-state index >= 15 is 0 Å². The van der Waals surface area contributed by atoms with Gasteiger partial charge in [0.25, 0.3) is 0 Å². The molecule has 0 unspecified atom stereocenters. The van der Waals surface area contributed by atoms with Crippen LogP contribution in [0.5, 0.6) is 0 Å². The molecule has 0 fully saturated rings. The Bertz CT molecular complexity index is 433. The van der Waals surface area contributed by atoms with Crippen LogP contribution in [0.3, 0.4) is 0 Å². The van der Waals surface area contributed by atoms with E-state index in [1.165, 1.54) is 4.70 Å². The van der Waals surface area contributed by atoms with Gasteiger partial charge in [-0.05, 0) is 25.6 Å². The average Bonchev–Trinajstić information content (AvgIpc) is 2.78. The molecule has 0 aliphatic heterocycles. The van der Waals surface area contributed by atoms with Gasteiger partial charge in [-0.2, -0.15) is 0 Å². The summed E-state index contributed by atoms with van der Waals surface area (Å²) in [5.41, 5.74) is 1.11. The third-order valence-corrected chi connectivity index (χ3v) is 3.84. The van der Waals surface area contributed by atoms with E-state index in [0.717, 1.165) is 36.8 Å². The van der Waals surface area contributed by atoms with Gasteiger partial charge in [-0.15, -0.1) is 0 Å². The van der Waals surface area contributed by atoms with E-state index in [1.54, 1.807) is 11.3 Å². The van der Waals surface area contributed by atoms with E-state index in [-0.39, 0.29) is 0 Å². The predicted molar refractivity (Wildman–Crippen MR) is 76.1 cm³/mol. The third-order valence-electron chi connectivity index (χ3n) is 2.74. The summed E-state index contributed by atoms with van der Waals surface area (Å²) in [5, 5.41) is 4.48. The molecule has 0 aliphatic carbocycles. The van der Waals surface area contributed by atoms with Gasteiger partial charge >= 0.3 is 0 Å². The molecular weight excluding hydrogens is 230 g/mol. The van der Waals surface area contributed by atoms with Gasteiger partial charge in [0.2, 0.25) is 0 Å². The van der Waals surface area contributed by atoms with Crippen LogP contribution < -0.4 is 10.2 Å². The lowest BCUT2D eigenvalue weighted by molar-refractivity contribution is 0.687. The SMILES string of the molecule is CCNCCN(CC)c1nc2ccccc2s1. The number of hydrogen-bond acceptors (Lipinski definition) is 4. The van der Waals surface area contributed by atoms with E-state index in [1.807, 2.05) is 6.07 Å². The maximum Gasteiger partial charge on any atom is 0.186 e. The average molecular weight is 249 g/mol. The van der Waals surface area contributed by atoms with Crippen LogP contribution in [0.2, 0.25) is 0 Å². The second-order valence-corrected chi connectivity index (χ2v) is 4.91. The first-order valence-electron chi connectivity index (χ1n) is 6.16. The van der Waals surface area contributed by atoms with Crippen molar-refractivity contribution in [2.24, 2.45) is 0 Å². The van der Waals surface area contributed by atoms with E-state index in [2.05, 4.69) is 47.2 Å². The number of aromatic nitrogens is 1. The van der Waals surface area contributed by atoms with Crippen LogP contribution in [-0.2, 0) is 0 Å². The fourth-order valence-corrected chi connectivity index (χ4v) is 2.83. The highest BCUT2D eigenvalue weighted by Gasteiger charge is 2.09. The second-order valence-electron chi connectivity index (χ2n) is 3.90. The van der Waals surface area contributed by atoms with Crippen LogP contribution in [0.25, 0.3) is 10.2 Å². The summed E-state index contributed by atoms with van der Waals surface area (Å²) < 4.78 is 1.27. The predicted octanol–water partition coefficient (Wildman–Crippen LogP) is 2.73. The van der Waals surface area contributed by atoms with Gasteiger partial charge in [-0.25, -0.2) is 4.98 Å². The monoisotopic (exact) mass is 249 g/mol. The summed E-state index contributed by atoms with van der Waals surface area (Å²) in [5.74, 6) is 0. The summed E-state index contributed by atoms with van der Waals surface area (Å²) in [6.45, 7) is 8.37. The molecule has 0 bridgehead atoms. The maximum atomic E-state index is 4.68. The molecule has 1 aromatic heterocycles. The van der Waals surface area contributed by atoms with Crippen molar-refractivity contribution in [3.63, 3.8) is 0 Å². The highest BCUT2D eigenvalue weighted by atomic mass is 32.1. The Labute approximate surface area is 106 Å². The molecule has 0 spiro atoms. The van der Waals surface area contributed by atoms with Crippen LogP contribution in [0, 0.1) is 0 Å². The molecule has 2 aromatic rings. The molecule has 0 saturated heterocycles. The number of thiazole rings is 1. The number of hydrogen-bond donors (Lipinski definition) is 1. The summed E-state index contributed by atoms with van der Waals surface area (Å²) >= 11 is 1.78. The van der Waals surface area contributed by atoms with Crippen LogP contribution in [0.15, 0.2) is 24.3 Å². The van der Waals surface area contributed by atoms with Crippen molar-refractivity contribution >= 4 is 26.7 Å². The number of fused-ring (bicyclic) bond motifs is 1. The normalized spacial score (nSPS) is 10.9. The largest absolute Gasteiger partial charge is 0.347 e. The van der Waals surface area contributed by atoms with E-state index in [9.17, 15) is 0 Å². The van der Waals surface area contributed by atoms with Gasteiger partial charge in [0.1, 0.15) is 0 Å². The summed E-state index contributed by atoms with van der Waals surface area (Å²) in [4.78, 5) is 7.01. The topological polar surface area (TPSA) is 28.2 Å². The number of likely N-dealkylation sites (N-methyl/N-ethyl adjacent to an activating group) is 2. The fourth-order valence-electron chi connectivity index (χ4n) is 1.78. The lowest BCUT2D eigenvalue weighted by Gasteiger charge is -2.19. The highest BCUT2D eigenvalue weighted by molar-refractivity contribution is 7.22. The molecule has 1 heterocycles. The summed E-state index contributed by atoms with van der Waals surface area (Å²) in [7, 11) is 0. The number of nitrogens with one attached hydrogen (secondary N) is 1. The van der Waals surface area contributed by atoms with E-state index in [4.69, 9.17) is 0 Å². The zero-order valence-electron chi connectivity index (χ0n) is 10.4. The van der Waals surface area contributed by atoms with Gasteiger partial charge in [0.15, 0.2) is 5.13 Å². The fraction of sp³-hybridized carbons (Fsp3) is 0.462. The van der Waals surface area contributed by atoms with Gasteiger partial charge in [-0.1, -0.05) is 30.4 Å². The van der Waals surface area contributed by atoms with Crippen molar-refractivity contribution in [1.29, 1.82) is 0 Å². The summed E-state index contributed by atoms with van der Waals surface area (Å²) in [6, 6.07) is 8.32. The van der Waals surface area contributed by atoms with E-state index < -0.39 is 0 Å². The molecule has 4 heteroatoms. The molecule has 0 aliphatic rings. The number of benzene rings is 1. The highest BCUT2D eigenvalue weighted by Crippen LogP contribution is 2.28. The van der Waals surface area contributed by atoms with Gasteiger partial charge < -0.3 is 10.2 Å². The smallest absolute Gasteiger partial charge is 0.186 e. The van der Waals surface area contributed by atoms with Crippen LogP contribution in [0.4, 0.5) is 5.13 Å². The molecule has 2 rings (SSSR count). The van der Waals surface area contributed by atoms with Crippen LogP contribution in [-0.4, -0.2) is 31.2 Å². The zero-order valence-corrected chi connectivity index (χ0v) is 11.3. The number of rotatable bonds is 6. The van der Waals surface area contributed by atoms with Crippen molar-refractivity contribution in [3.8, 4) is 0 Å². The Balaban J connectivity index is 2.12. The minimum Gasteiger partial charge on any atom is -0.347 e. The second kappa shape index (κ2) is 5.98. The van der Waals surface area contributed by atoms with Crippen LogP contribution in [0.1, 0.15) is 13.8 Å². The molecule has 17 heavy (non-hydrogen) atoms. The molecule has 0 atom stereocenters. The molecule has 3 nitrogen and oxygen atoms in total. The Morgan fingerprint density at radius 2 is 2.12 bits per heavy atom. The van der Waals surface area contributed by atoms with Crippen molar-refractivity contribution in [1.82, 2.24) is 10.3 Å². The van der Waals surface area contributed by atoms with Crippen molar-refractivity contribution < 1.29 is 0 Å². The van der Waals surface area contributed by atoms with Gasteiger partial charge in [0.05, 0.1) is 10.2 Å². The molecule has 1 N–H and O–H groups in total. The molecule has 1 aromatic carbocycles. The molecular formula is C13H19N3S. The molecule has 92 valence electrons.